The summed E-state index contributed by atoms with van der Waals surface area (Å²) < 4.78 is 31.4. The van der Waals surface area contributed by atoms with Crippen molar-refractivity contribution in [3.8, 4) is 0 Å². The van der Waals surface area contributed by atoms with E-state index in [1.807, 2.05) is 13.8 Å². The van der Waals surface area contributed by atoms with Crippen molar-refractivity contribution in [3.63, 3.8) is 0 Å². The summed E-state index contributed by atoms with van der Waals surface area (Å²) in [4.78, 5) is 12.1. The number of methoxy groups -OCH3 is 1. The summed E-state index contributed by atoms with van der Waals surface area (Å²) >= 11 is 0. The third-order valence-corrected chi connectivity index (χ3v) is 3.69. The average molecular weight is 234 g/mol. The van der Waals surface area contributed by atoms with Crippen LogP contribution in [0.1, 0.15) is 46.0 Å². The first-order valence-electron chi connectivity index (χ1n) is 5.84. The Morgan fingerprint density at radius 1 is 1.31 bits per heavy atom. The molecule has 0 heterocycles. The lowest BCUT2D eigenvalue weighted by molar-refractivity contribution is -0.160. The molecule has 0 spiro atoms. The second kappa shape index (κ2) is 4.78. The molecule has 1 saturated carbocycles. The number of carbonyl (C=O) groups excluding carboxylic acids is 1. The third-order valence-electron chi connectivity index (χ3n) is 3.69. The van der Waals surface area contributed by atoms with Crippen LogP contribution in [0.4, 0.5) is 8.78 Å². The third kappa shape index (κ3) is 2.59. The van der Waals surface area contributed by atoms with Crippen LogP contribution in [0.15, 0.2) is 0 Å². The van der Waals surface area contributed by atoms with Crippen molar-refractivity contribution in [3.05, 3.63) is 0 Å². The molecule has 1 atom stereocenters. The molecule has 0 radical (unpaired) electrons. The van der Waals surface area contributed by atoms with Gasteiger partial charge in [0.1, 0.15) is 5.60 Å². The van der Waals surface area contributed by atoms with E-state index in [4.69, 9.17) is 4.74 Å². The van der Waals surface area contributed by atoms with Crippen molar-refractivity contribution in [1.82, 2.24) is 0 Å². The van der Waals surface area contributed by atoms with Gasteiger partial charge in [0.25, 0.3) is 0 Å². The normalized spacial score (nSPS) is 25.1. The molecule has 0 aromatic rings. The van der Waals surface area contributed by atoms with E-state index in [9.17, 15) is 13.6 Å². The van der Waals surface area contributed by atoms with Gasteiger partial charge in [-0.25, -0.2) is 8.78 Å². The van der Waals surface area contributed by atoms with E-state index in [-0.39, 0.29) is 37.4 Å². The number of alkyl halides is 2. The van der Waals surface area contributed by atoms with E-state index in [0.29, 0.717) is 0 Å². The summed E-state index contributed by atoms with van der Waals surface area (Å²) in [6.07, 6.45) is 0.506. The minimum atomic E-state index is -2.63. The maximum atomic E-state index is 13.1. The van der Waals surface area contributed by atoms with Crippen LogP contribution in [0.2, 0.25) is 0 Å². The Balaban J connectivity index is 2.77. The fraction of sp³-hybridized carbons (Fsp3) is 0.917. The molecule has 0 saturated heterocycles. The van der Waals surface area contributed by atoms with Gasteiger partial charge in [-0.1, -0.05) is 13.8 Å². The molecule has 0 aliphatic heterocycles. The highest BCUT2D eigenvalue weighted by atomic mass is 19.3. The molecule has 1 aliphatic carbocycles. The monoisotopic (exact) mass is 234 g/mol. The smallest absolute Gasteiger partial charge is 0.248 e. The summed E-state index contributed by atoms with van der Waals surface area (Å²) in [5.74, 6) is -2.77. The van der Waals surface area contributed by atoms with Crippen molar-refractivity contribution in [2.45, 2.75) is 57.5 Å². The van der Waals surface area contributed by atoms with Gasteiger partial charge in [0.2, 0.25) is 5.92 Å². The van der Waals surface area contributed by atoms with Crippen molar-refractivity contribution < 1.29 is 18.3 Å². The van der Waals surface area contributed by atoms with E-state index >= 15 is 0 Å². The van der Waals surface area contributed by atoms with Gasteiger partial charge in [0.05, 0.1) is 0 Å². The number of halogens is 2. The predicted molar refractivity (Wildman–Crippen MR) is 57.6 cm³/mol. The first-order chi connectivity index (χ1) is 7.37. The van der Waals surface area contributed by atoms with Gasteiger partial charge < -0.3 is 4.74 Å². The fourth-order valence-corrected chi connectivity index (χ4v) is 2.21. The van der Waals surface area contributed by atoms with Crippen molar-refractivity contribution >= 4 is 5.78 Å². The lowest BCUT2D eigenvalue weighted by atomic mass is 9.76. The van der Waals surface area contributed by atoms with E-state index in [2.05, 4.69) is 0 Å². The molecular weight excluding hydrogens is 214 g/mol. The first kappa shape index (κ1) is 13.6. The molecule has 0 bridgehead atoms. The zero-order valence-electron chi connectivity index (χ0n) is 10.2. The average Bonchev–Trinajstić information content (AvgIpc) is 2.28. The molecule has 16 heavy (non-hydrogen) atoms. The van der Waals surface area contributed by atoms with Gasteiger partial charge in [-0.3, -0.25) is 4.79 Å². The van der Waals surface area contributed by atoms with Crippen LogP contribution in [0.25, 0.3) is 0 Å². The van der Waals surface area contributed by atoms with Gasteiger partial charge in [-0.2, -0.15) is 0 Å². The maximum absolute atomic E-state index is 13.1. The van der Waals surface area contributed by atoms with Crippen LogP contribution in [0.5, 0.6) is 0 Å². The molecule has 0 aromatic carbocycles. The number of ketones is 1. The Hall–Kier alpha value is -0.510. The van der Waals surface area contributed by atoms with Crippen molar-refractivity contribution in [2.24, 2.45) is 5.92 Å². The topological polar surface area (TPSA) is 26.3 Å². The van der Waals surface area contributed by atoms with Gasteiger partial charge >= 0.3 is 0 Å². The van der Waals surface area contributed by atoms with Gasteiger partial charge in [0.15, 0.2) is 5.78 Å². The Morgan fingerprint density at radius 3 is 2.19 bits per heavy atom. The number of rotatable bonds is 4. The first-order valence-corrected chi connectivity index (χ1v) is 5.84. The standard InChI is InChI=1S/C12H20F2O2/c1-4-9(2)10(15)11(16-3)5-7-12(13,14)8-6-11/h9H,4-8H2,1-3H3. The Bertz CT molecular complexity index is 254. The fourth-order valence-electron chi connectivity index (χ4n) is 2.21. The summed E-state index contributed by atoms with van der Waals surface area (Å²) in [5, 5.41) is 0. The highest BCUT2D eigenvalue weighted by molar-refractivity contribution is 5.89. The number of hydrogen-bond donors (Lipinski definition) is 0. The molecular formula is C12H20F2O2. The molecule has 4 heteroatoms. The minimum Gasteiger partial charge on any atom is -0.370 e. The van der Waals surface area contributed by atoms with Gasteiger partial charge in [-0.05, 0) is 19.3 Å². The highest BCUT2D eigenvalue weighted by Gasteiger charge is 2.48. The zero-order chi connectivity index (χ0) is 12.4. The highest BCUT2D eigenvalue weighted by Crippen LogP contribution is 2.41. The van der Waals surface area contributed by atoms with E-state index in [0.717, 1.165) is 6.42 Å². The van der Waals surface area contributed by atoms with E-state index in [1.165, 1.54) is 7.11 Å². The number of carbonyl (C=O) groups is 1. The quantitative estimate of drug-likeness (QED) is 0.746. The number of Topliss-reactive ketones (excluding diaryl/α,β-unsaturated/α-hetero) is 1. The van der Waals surface area contributed by atoms with Crippen LogP contribution >= 0.6 is 0 Å². The molecule has 1 unspecified atom stereocenters. The van der Waals surface area contributed by atoms with Gasteiger partial charge in [-0.15, -0.1) is 0 Å². The molecule has 0 amide bonds. The lowest BCUT2D eigenvalue weighted by Gasteiger charge is -2.39. The summed E-state index contributed by atoms with van der Waals surface area (Å²) in [6.45, 7) is 3.75. The molecule has 1 rings (SSSR count). The molecule has 1 fully saturated rings. The van der Waals surface area contributed by atoms with Crippen molar-refractivity contribution in [2.75, 3.05) is 7.11 Å². The van der Waals surface area contributed by atoms with Crippen molar-refractivity contribution in [1.29, 1.82) is 0 Å². The maximum Gasteiger partial charge on any atom is 0.248 e. The lowest BCUT2D eigenvalue weighted by Crippen LogP contribution is -2.48. The van der Waals surface area contributed by atoms with Crippen LogP contribution in [0, 0.1) is 5.92 Å². The van der Waals surface area contributed by atoms with Crippen LogP contribution in [-0.2, 0) is 9.53 Å². The molecule has 0 aromatic heterocycles. The predicted octanol–water partition coefficient (Wildman–Crippen LogP) is 3.20. The molecule has 2 nitrogen and oxygen atoms in total. The molecule has 94 valence electrons. The number of hydrogen-bond acceptors (Lipinski definition) is 2. The Labute approximate surface area is 95.4 Å². The molecule has 1 aliphatic rings. The van der Waals surface area contributed by atoms with Crippen LogP contribution < -0.4 is 0 Å². The second-order valence-corrected chi connectivity index (χ2v) is 4.73. The largest absolute Gasteiger partial charge is 0.370 e. The summed E-state index contributed by atoms with van der Waals surface area (Å²) in [6, 6.07) is 0. The summed E-state index contributed by atoms with van der Waals surface area (Å²) in [5.41, 5.74) is -0.961. The van der Waals surface area contributed by atoms with E-state index in [1.54, 1.807) is 0 Å². The van der Waals surface area contributed by atoms with E-state index < -0.39 is 11.5 Å². The summed E-state index contributed by atoms with van der Waals surface area (Å²) in [7, 11) is 1.45. The SMILES string of the molecule is CCC(C)C(=O)C1(OC)CCC(F)(F)CC1. The number of ether oxygens (including phenoxy) is 1. The molecule has 0 N–H and O–H groups in total. The van der Waals surface area contributed by atoms with Crippen LogP contribution in [0.3, 0.4) is 0 Å². The van der Waals surface area contributed by atoms with Gasteiger partial charge in [0, 0.05) is 25.9 Å². The zero-order valence-corrected chi connectivity index (χ0v) is 10.2. The Morgan fingerprint density at radius 2 is 1.81 bits per heavy atom. The Kier molecular flexibility index (Phi) is 4.05. The van der Waals surface area contributed by atoms with Crippen LogP contribution in [-0.4, -0.2) is 24.4 Å². The minimum absolute atomic E-state index is 0.0204. The second-order valence-electron chi connectivity index (χ2n) is 4.73.